The van der Waals surface area contributed by atoms with Gasteiger partial charge in [-0.15, -0.1) is 0 Å². The van der Waals surface area contributed by atoms with Crippen molar-refractivity contribution in [2.45, 2.75) is 6.43 Å². The molecule has 21 heavy (non-hydrogen) atoms. The Kier molecular flexibility index (Phi) is 4.24. The number of nitrogen functional groups attached to an aromatic ring is 1. The molecule has 2 rings (SSSR count). The van der Waals surface area contributed by atoms with Crippen molar-refractivity contribution in [1.29, 1.82) is 5.26 Å². The van der Waals surface area contributed by atoms with Gasteiger partial charge in [0.1, 0.15) is 5.75 Å². The Morgan fingerprint density at radius 1 is 1.10 bits per heavy atom. The lowest BCUT2D eigenvalue weighted by Gasteiger charge is -2.14. The highest BCUT2D eigenvalue weighted by Crippen LogP contribution is 2.37. The summed E-state index contributed by atoms with van der Waals surface area (Å²) in [6.45, 7) is 0. The number of methoxy groups -OCH3 is 1. The van der Waals surface area contributed by atoms with Gasteiger partial charge in [0.25, 0.3) is 6.43 Å². The number of nitrogens with two attached hydrogens (primary N) is 1. The van der Waals surface area contributed by atoms with Crippen LogP contribution < -0.4 is 15.2 Å². The van der Waals surface area contributed by atoms with Gasteiger partial charge in [0.15, 0.2) is 11.5 Å². The highest BCUT2D eigenvalue weighted by atomic mass is 19.3. The van der Waals surface area contributed by atoms with Crippen molar-refractivity contribution in [2.75, 3.05) is 12.8 Å². The van der Waals surface area contributed by atoms with Crippen molar-refractivity contribution >= 4 is 5.69 Å². The third kappa shape index (κ3) is 3.20. The Balaban J connectivity index is 2.41. The molecule has 0 aromatic heterocycles. The fourth-order valence-electron chi connectivity index (χ4n) is 1.77. The monoisotopic (exact) mass is 290 g/mol. The number of hydrogen-bond donors (Lipinski definition) is 1. The molecule has 4 nitrogen and oxygen atoms in total. The van der Waals surface area contributed by atoms with E-state index >= 15 is 0 Å². The van der Waals surface area contributed by atoms with E-state index in [1.807, 2.05) is 6.07 Å². The molecule has 0 atom stereocenters. The van der Waals surface area contributed by atoms with Crippen molar-refractivity contribution in [3.63, 3.8) is 0 Å². The van der Waals surface area contributed by atoms with Gasteiger partial charge in [-0.3, -0.25) is 0 Å². The van der Waals surface area contributed by atoms with Gasteiger partial charge in [-0.2, -0.15) is 5.26 Å². The molecule has 2 aromatic carbocycles. The molecule has 108 valence electrons. The van der Waals surface area contributed by atoms with E-state index in [0.29, 0.717) is 5.56 Å². The Morgan fingerprint density at radius 2 is 1.81 bits per heavy atom. The molecule has 0 bridgehead atoms. The fraction of sp³-hybridized carbons (Fsp3) is 0.133. The summed E-state index contributed by atoms with van der Waals surface area (Å²) in [4.78, 5) is 0. The van der Waals surface area contributed by atoms with E-state index < -0.39 is 6.43 Å². The molecule has 0 saturated heterocycles. The second-order valence-electron chi connectivity index (χ2n) is 4.18. The Bertz CT molecular complexity index is 697. The molecule has 0 saturated carbocycles. The predicted molar refractivity (Wildman–Crippen MR) is 73.6 cm³/mol. The van der Waals surface area contributed by atoms with Crippen LogP contribution in [-0.4, -0.2) is 7.11 Å². The summed E-state index contributed by atoms with van der Waals surface area (Å²) in [5, 5.41) is 8.83. The quantitative estimate of drug-likeness (QED) is 0.868. The van der Waals surface area contributed by atoms with Crippen molar-refractivity contribution in [1.82, 2.24) is 0 Å². The summed E-state index contributed by atoms with van der Waals surface area (Å²) in [5.74, 6) is 0.511. The minimum atomic E-state index is -2.71. The lowest BCUT2D eigenvalue weighted by Crippen LogP contribution is -1.97. The highest BCUT2D eigenvalue weighted by Gasteiger charge is 2.16. The van der Waals surface area contributed by atoms with Crippen LogP contribution in [0.3, 0.4) is 0 Å². The first kappa shape index (κ1) is 14.6. The van der Waals surface area contributed by atoms with Crippen LogP contribution in [0.15, 0.2) is 36.4 Å². The summed E-state index contributed by atoms with van der Waals surface area (Å²) in [6, 6.07) is 10.4. The molecular weight excluding hydrogens is 278 g/mol. The highest BCUT2D eigenvalue weighted by molar-refractivity contribution is 5.52. The third-order valence-corrected chi connectivity index (χ3v) is 2.78. The van der Waals surface area contributed by atoms with Gasteiger partial charge >= 0.3 is 0 Å². The number of alkyl halides is 2. The smallest absolute Gasteiger partial charge is 0.267 e. The minimum Gasteiger partial charge on any atom is -0.493 e. The number of halogens is 2. The first-order valence-electron chi connectivity index (χ1n) is 5.98. The van der Waals surface area contributed by atoms with E-state index in [1.54, 1.807) is 0 Å². The first-order chi connectivity index (χ1) is 10.0. The van der Waals surface area contributed by atoms with E-state index in [0.717, 1.165) is 6.07 Å². The van der Waals surface area contributed by atoms with Gasteiger partial charge in [-0.25, -0.2) is 8.78 Å². The number of nitriles is 1. The normalized spacial score (nSPS) is 10.2. The Morgan fingerprint density at radius 3 is 2.43 bits per heavy atom. The molecule has 0 aliphatic rings. The number of ether oxygens (including phenoxy) is 2. The van der Waals surface area contributed by atoms with E-state index in [9.17, 15) is 8.78 Å². The van der Waals surface area contributed by atoms with Crippen LogP contribution in [0.1, 0.15) is 17.6 Å². The minimum absolute atomic E-state index is 0.0118. The van der Waals surface area contributed by atoms with Crippen LogP contribution in [0.5, 0.6) is 17.2 Å². The molecule has 0 aliphatic carbocycles. The van der Waals surface area contributed by atoms with Crippen LogP contribution in [0.25, 0.3) is 0 Å². The van der Waals surface area contributed by atoms with Gasteiger partial charge < -0.3 is 15.2 Å². The second-order valence-corrected chi connectivity index (χ2v) is 4.18. The second kappa shape index (κ2) is 6.09. The summed E-state index contributed by atoms with van der Waals surface area (Å²) < 4.78 is 36.6. The summed E-state index contributed by atoms with van der Waals surface area (Å²) in [7, 11) is 1.40. The maximum atomic E-state index is 13.0. The van der Waals surface area contributed by atoms with Gasteiger partial charge in [-0.05, 0) is 30.3 Å². The number of nitrogens with zero attached hydrogens (tertiary/aromatic N) is 1. The molecule has 2 N–H and O–H groups in total. The molecule has 0 amide bonds. The zero-order valence-electron chi connectivity index (χ0n) is 11.1. The van der Waals surface area contributed by atoms with Crippen LogP contribution in [-0.2, 0) is 0 Å². The van der Waals surface area contributed by atoms with Crippen molar-refractivity contribution in [3.05, 3.63) is 47.5 Å². The average Bonchev–Trinajstić information content (AvgIpc) is 2.49. The molecule has 6 heteroatoms. The van der Waals surface area contributed by atoms with Gasteiger partial charge in [0.2, 0.25) is 0 Å². The van der Waals surface area contributed by atoms with Crippen molar-refractivity contribution in [2.24, 2.45) is 0 Å². The summed E-state index contributed by atoms with van der Waals surface area (Å²) in [5.41, 5.74) is 5.81. The zero-order valence-corrected chi connectivity index (χ0v) is 11.1. The summed E-state index contributed by atoms with van der Waals surface area (Å²) >= 11 is 0. The van der Waals surface area contributed by atoms with E-state index in [4.69, 9.17) is 20.5 Å². The topological polar surface area (TPSA) is 68.3 Å². The van der Waals surface area contributed by atoms with Crippen molar-refractivity contribution in [3.8, 4) is 23.3 Å². The number of benzene rings is 2. The molecule has 0 heterocycles. The maximum Gasteiger partial charge on any atom is 0.267 e. The van der Waals surface area contributed by atoms with E-state index in [-0.39, 0.29) is 28.5 Å². The van der Waals surface area contributed by atoms with Crippen LogP contribution in [0.2, 0.25) is 0 Å². The average molecular weight is 290 g/mol. The molecule has 0 spiro atoms. The van der Waals surface area contributed by atoms with E-state index in [1.165, 1.54) is 37.4 Å². The van der Waals surface area contributed by atoms with Crippen LogP contribution in [0, 0.1) is 11.3 Å². The lowest BCUT2D eigenvalue weighted by atomic mass is 10.1. The Labute approximate surface area is 120 Å². The number of rotatable bonds is 4. The Hall–Kier alpha value is -2.81. The van der Waals surface area contributed by atoms with Crippen molar-refractivity contribution < 1.29 is 18.3 Å². The fourth-order valence-corrected chi connectivity index (χ4v) is 1.77. The molecule has 0 aliphatic heterocycles. The first-order valence-corrected chi connectivity index (χ1v) is 5.98. The summed E-state index contributed by atoms with van der Waals surface area (Å²) in [6.07, 6.45) is -2.71. The predicted octanol–water partition coefficient (Wildman–Crippen LogP) is 3.88. The molecule has 2 aromatic rings. The largest absolute Gasteiger partial charge is 0.493 e. The third-order valence-electron chi connectivity index (χ3n) is 2.78. The lowest BCUT2D eigenvalue weighted by molar-refractivity contribution is 0.148. The van der Waals surface area contributed by atoms with Gasteiger partial charge in [0, 0.05) is 11.8 Å². The SMILES string of the molecule is COc1cc(C#N)ccc1Oc1ccc(N)cc1C(F)F. The molecule has 0 fully saturated rings. The van der Waals surface area contributed by atoms with Crippen LogP contribution >= 0.6 is 0 Å². The maximum absolute atomic E-state index is 13.0. The van der Waals surface area contributed by atoms with Gasteiger partial charge in [0.05, 0.1) is 24.3 Å². The molecule has 0 radical (unpaired) electrons. The number of anilines is 1. The molecule has 0 unspecified atom stereocenters. The number of hydrogen-bond acceptors (Lipinski definition) is 4. The van der Waals surface area contributed by atoms with E-state index in [2.05, 4.69) is 0 Å². The van der Waals surface area contributed by atoms with Crippen LogP contribution in [0.4, 0.5) is 14.5 Å². The van der Waals surface area contributed by atoms with Gasteiger partial charge in [-0.1, -0.05) is 0 Å². The standard InChI is InChI=1S/C15H12F2N2O2/c1-20-14-6-9(8-18)2-4-13(14)21-12-5-3-10(19)7-11(12)15(16)17/h2-7,15H,19H2,1H3. The zero-order chi connectivity index (χ0) is 15.4. The molecular formula is C15H12F2N2O2.